The minimum Gasteiger partial charge on any atom is -0.756 e. The number of rotatable bonds is 9. The number of hydrogen-bond donors (Lipinski definition) is 6. The lowest BCUT2D eigenvalue weighted by atomic mass is 10.1. The van der Waals surface area contributed by atoms with Gasteiger partial charge in [0.15, 0.2) is 6.33 Å². The van der Waals surface area contributed by atoms with Crippen LogP contribution in [0.25, 0.3) is 11.2 Å². The van der Waals surface area contributed by atoms with E-state index < -0.39 is 52.4 Å². The summed E-state index contributed by atoms with van der Waals surface area (Å²) in [6.45, 7) is 9.21. The number of anilines is 1. The van der Waals surface area contributed by atoms with Gasteiger partial charge in [-0.1, -0.05) is 25.8 Å². The molecule has 0 aliphatic carbocycles. The summed E-state index contributed by atoms with van der Waals surface area (Å²) in [6.07, 6.45) is -4.66. The molecule has 5 unspecified atom stereocenters. The Morgan fingerprint density at radius 3 is 2.33 bits per heavy atom. The minimum absolute atomic E-state index is 0.0193. The fourth-order valence-electron chi connectivity index (χ4n) is 3.54. The van der Waals surface area contributed by atoms with Crippen LogP contribution in [0.2, 0.25) is 0 Å². The van der Waals surface area contributed by atoms with Crippen LogP contribution in [0, 0.1) is 0 Å². The first kappa shape index (κ1) is 30.5. The number of phosphoric acid groups is 2. The van der Waals surface area contributed by atoms with E-state index in [0.717, 1.165) is 0 Å². The van der Waals surface area contributed by atoms with E-state index in [0.29, 0.717) is 0 Å². The molecule has 2 aromatic heterocycles. The van der Waals surface area contributed by atoms with Crippen LogP contribution in [0.4, 0.5) is 5.95 Å². The number of ether oxygens (including phenoxy) is 1. The molecule has 36 heavy (non-hydrogen) atoms. The van der Waals surface area contributed by atoms with Gasteiger partial charge in [0.05, 0.1) is 13.7 Å². The Bertz CT molecular complexity index is 1170. The average molecular weight is 558 g/mol. The van der Waals surface area contributed by atoms with E-state index in [1.54, 1.807) is 0 Å². The normalized spacial score (nSPS) is 24.1. The first-order valence-electron chi connectivity index (χ1n) is 10.9. The molecule has 2 aromatic rings. The number of nitrogens with zero attached hydrogens (tertiary/aromatic N) is 4. The van der Waals surface area contributed by atoms with E-state index in [4.69, 9.17) is 20.3 Å². The van der Waals surface area contributed by atoms with Gasteiger partial charge in [-0.05, 0) is 19.6 Å². The molecule has 7 N–H and O–H groups in total. The second kappa shape index (κ2) is 12.2. The molecular weight excluding hydrogens is 526 g/mol. The number of nitrogens with one attached hydrogen (secondary N) is 1. The van der Waals surface area contributed by atoms with Crippen molar-refractivity contribution in [3.05, 3.63) is 16.7 Å². The quantitative estimate of drug-likeness (QED) is 0.140. The number of imidazole rings is 1. The molecule has 0 aromatic carbocycles. The van der Waals surface area contributed by atoms with E-state index in [-0.39, 0.29) is 17.1 Å². The highest BCUT2D eigenvalue weighted by atomic mass is 31.3. The Labute approximate surface area is 205 Å². The zero-order valence-corrected chi connectivity index (χ0v) is 21.9. The Balaban J connectivity index is 0.000000572. The molecule has 0 spiro atoms. The minimum atomic E-state index is -5.42. The molecule has 19 heteroatoms. The van der Waals surface area contributed by atoms with Crippen LogP contribution in [0.5, 0.6) is 0 Å². The number of H-pyrrole nitrogens is 1. The van der Waals surface area contributed by atoms with Crippen molar-refractivity contribution < 1.29 is 52.2 Å². The highest BCUT2D eigenvalue weighted by molar-refractivity contribution is 7.60. The summed E-state index contributed by atoms with van der Waals surface area (Å²) in [4.78, 5) is 49.2. The molecule has 3 heterocycles. The van der Waals surface area contributed by atoms with Crippen molar-refractivity contribution in [2.45, 2.75) is 45.3 Å². The Morgan fingerprint density at radius 1 is 1.25 bits per heavy atom. The van der Waals surface area contributed by atoms with E-state index in [1.807, 2.05) is 0 Å². The van der Waals surface area contributed by atoms with Crippen molar-refractivity contribution in [3.63, 3.8) is 0 Å². The number of aromatic amines is 1. The van der Waals surface area contributed by atoms with Gasteiger partial charge in [0.2, 0.25) is 11.7 Å². The maximum atomic E-state index is 12.1. The molecule has 1 fully saturated rings. The van der Waals surface area contributed by atoms with Gasteiger partial charge in [-0.2, -0.15) is 0 Å². The second-order valence-electron chi connectivity index (χ2n) is 7.74. The molecule has 206 valence electrons. The summed E-state index contributed by atoms with van der Waals surface area (Å²) >= 11 is 0. The summed E-state index contributed by atoms with van der Waals surface area (Å²) < 4.78 is 37.9. The van der Waals surface area contributed by atoms with Gasteiger partial charge in [0.1, 0.15) is 18.3 Å². The predicted octanol–water partition coefficient (Wildman–Crippen LogP) is -2.31. The summed E-state index contributed by atoms with van der Waals surface area (Å²) in [7, 11) is -9.30. The average Bonchev–Trinajstić information content (AvgIpc) is 3.23. The fraction of sp³-hybridized carbons (Fsp3) is 0.706. The number of aromatic nitrogens is 4. The lowest BCUT2D eigenvalue weighted by molar-refractivity contribution is -0.745. The standard InChI is InChI=1S/C11H17N5O11P2.C6H15N/c1-15-3-16(8-5(15)9(19)14-11(12)13-8)10-7(18)6(17)4(26-10)2-25-29(23,24)27-28(20,21)22;1-4-7(5-2)6-3/h3-4,6-7,10,17-18H,2H2,1H3,(H5-,12,13,14,19,20,21,22,23,24);4-6H2,1-3H3. The highest BCUT2D eigenvalue weighted by Crippen LogP contribution is 2.55. The monoisotopic (exact) mass is 558 g/mol. The van der Waals surface area contributed by atoms with E-state index in [2.05, 4.69) is 44.5 Å². The largest absolute Gasteiger partial charge is 0.756 e. The van der Waals surface area contributed by atoms with Gasteiger partial charge in [-0.3, -0.25) is 18.9 Å². The van der Waals surface area contributed by atoms with Gasteiger partial charge in [-0.25, -0.2) is 13.4 Å². The molecule has 5 atom stereocenters. The van der Waals surface area contributed by atoms with Crippen LogP contribution >= 0.6 is 15.6 Å². The first-order chi connectivity index (χ1) is 16.6. The number of aliphatic hydroxyl groups excluding tert-OH is 2. The third-order valence-corrected chi connectivity index (χ3v) is 7.46. The SMILES string of the molecule is CCN(CC)CC.Cn1c[n+](C2OC(COP(=O)([O-])OP(=O)(O)O)C(O)C2O)c2nc(N)[nH]c(=O)c21. The zero-order valence-electron chi connectivity index (χ0n) is 20.1. The van der Waals surface area contributed by atoms with Crippen molar-refractivity contribution in [1.82, 2.24) is 19.4 Å². The lowest BCUT2D eigenvalue weighted by Gasteiger charge is -2.24. The van der Waals surface area contributed by atoms with Gasteiger partial charge in [-0.15, -0.1) is 0 Å². The number of aryl methyl sites for hydroxylation is 1. The highest BCUT2D eigenvalue weighted by Gasteiger charge is 2.47. The van der Waals surface area contributed by atoms with Gasteiger partial charge < -0.3 is 44.8 Å². The van der Waals surface area contributed by atoms with Gasteiger partial charge in [0, 0.05) is 0 Å². The molecule has 0 bridgehead atoms. The number of nitrogens with two attached hydrogens (primary N) is 1. The van der Waals surface area contributed by atoms with Crippen molar-refractivity contribution in [2.24, 2.45) is 7.05 Å². The fourth-order valence-corrected chi connectivity index (χ4v) is 5.10. The maximum Gasteiger partial charge on any atom is 0.476 e. The number of fused-ring (bicyclic) bond motifs is 1. The number of hydrogen-bond acceptors (Lipinski definition) is 12. The van der Waals surface area contributed by atoms with E-state index in [9.17, 15) is 29.0 Å². The molecule has 1 saturated heterocycles. The van der Waals surface area contributed by atoms with Crippen LogP contribution in [0.3, 0.4) is 0 Å². The number of aliphatic hydroxyl groups is 2. The molecule has 1 aliphatic heterocycles. The summed E-state index contributed by atoms with van der Waals surface area (Å²) in [5.74, 6) is -0.211. The Kier molecular flexibility index (Phi) is 10.3. The molecule has 0 saturated carbocycles. The predicted molar refractivity (Wildman–Crippen MR) is 122 cm³/mol. The molecular formula is C17H32N6O11P2. The van der Waals surface area contributed by atoms with Crippen LogP contribution < -0.4 is 20.8 Å². The van der Waals surface area contributed by atoms with Crippen LogP contribution in [-0.2, 0) is 29.7 Å². The molecule has 3 rings (SSSR count). The van der Waals surface area contributed by atoms with E-state index in [1.165, 1.54) is 42.1 Å². The Morgan fingerprint density at radius 2 is 1.83 bits per heavy atom. The number of phosphoric ester groups is 1. The van der Waals surface area contributed by atoms with Crippen LogP contribution in [0.15, 0.2) is 11.1 Å². The third kappa shape index (κ3) is 7.63. The smallest absolute Gasteiger partial charge is 0.476 e. The zero-order chi connectivity index (χ0) is 27.4. The molecule has 17 nitrogen and oxygen atoms in total. The Hall–Kier alpha value is -1.75. The van der Waals surface area contributed by atoms with Gasteiger partial charge >= 0.3 is 13.5 Å². The van der Waals surface area contributed by atoms with Crippen molar-refractivity contribution in [2.75, 3.05) is 32.0 Å². The summed E-state index contributed by atoms with van der Waals surface area (Å²) in [5.41, 5.74) is 5.07. The van der Waals surface area contributed by atoms with Crippen molar-refractivity contribution in [1.29, 1.82) is 0 Å². The first-order valence-corrected chi connectivity index (χ1v) is 13.9. The van der Waals surface area contributed by atoms with Crippen LogP contribution in [-0.4, -0.2) is 84.0 Å². The van der Waals surface area contributed by atoms with Gasteiger partial charge in [0.25, 0.3) is 19.3 Å². The molecule has 0 radical (unpaired) electrons. The van der Waals surface area contributed by atoms with Crippen molar-refractivity contribution >= 4 is 32.8 Å². The third-order valence-electron chi connectivity index (χ3n) is 5.35. The summed E-state index contributed by atoms with van der Waals surface area (Å²) in [6, 6.07) is 0. The number of nitrogen functional groups attached to an aromatic ring is 1. The molecule has 1 aliphatic rings. The van der Waals surface area contributed by atoms with Crippen LogP contribution in [0.1, 0.15) is 27.0 Å². The second-order valence-corrected chi connectivity index (χ2v) is 10.5. The lowest BCUT2D eigenvalue weighted by Crippen LogP contribution is -2.46. The summed E-state index contributed by atoms with van der Waals surface area (Å²) in [5, 5.41) is 20.4. The van der Waals surface area contributed by atoms with Crippen molar-refractivity contribution in [3.8, 4) is 0 Å². The topological polar surface area (TPSA) is 250 Å². The van der Waals surface area contributed by atoms with E-state index >= 15 is 0 Å². The maximum absolute atomic E-state index is 12.1. The molecule has 0 amide bonds.